The van der Waals surface area contributed by atoms with Crippen LogP contribution in [-0.4, -0.2) is 17.6 Å². The number of nitrogens with two attached hydrogens (primary N) is 1. The molecule has 0 amide bonds. The third-order valence-electron chi connectivity index (χ3n) is 1.71. The molecule has 4 nitrogen and oxygen atoms in total. The topological polar surface area (TPSA) is 75.3 Å². The van der Waals surface area contributed by atoms with E-state index < -0.39 is 5.97 Å². The van der Waals surface area contributed by atoms with Gasteiger partial charge in [0.1, 0.15) is 0 Å². The van der Waals surface area contributed by atoms with Crippen molar-refractivity contribution in [2.24, 2.45) is 5.84 Å². The summed E-state index contributed by atoms with van der Waals surface area (Å²) < 4.78 is 0. The van der Waals surface area contributed by atoms with Crippen molar-refractivity contribution in [2.45, 2.75) is 38.5 Å². The zero-order chi connectivity index (χ0) is 9.23. The quantitative estimate of drug-likeness (QED) is 0.290. The fraction of sp³-hybridized carbons (Fsp3) is 0.875. The molecule has 0 aromatic heterocycles. The predicted octanol–water partition coefficient (Wildman–Crippen LogP) is 0.875. The van der Waals surface area contributed by atoms with Crippen LogP contribution in [0.4, 0.5) is 0 Å². The van der Waals surface area contributed by atoms with E-state index in [1.807, 2.05) is 0 Å². The zero-order valence-corrected chi connectivity index (χ0v) is 7.38. The molecule has 0 heterocycles. The van der Waals surface area contributed by atoms with Crippen LogP contribution >= 0.6 is 0 Å². The molecule has 0 bridgehead atoms. The summed E-state index contributed by atoms with van der Waals surface area (Å²) in [4.78, 5) is 10.1. The minimum Gasteiger partial charge on any atom is -0.481 e. The second-order valence-electron chi connectivity index (χ2n) is 2.87. The highest BCUT2D eigenvalue weighted by atomic mass is 16.4. The summed E-state index contributed by atoms with van der Waals surface area (Å²) in [6.45, 7) is 0.846. The number of nitrogens with one attached hydrogen (secondary N) is 1. The zero-order valence-electron chi connectivity index (χ0n) is 7.38. The number of carboxylic acid groups (broad SMARTS) is 1. The van der Waals surface area contributed by atoms with Gasteiger partial charge >= 0.3 is 5.97 Å². The van der Waals surface area contributed by atoms with E-state index in [-0.39, 0.29) is 0 Å². The summed E-state index contributed by atoms with van der Waals surface area (Å²) in [5, 5.41) is 8.33. The Kier molecular flexibility index (Phi) is 8.05. The van der Waals surface area contributed by atoms with Crippen molar-refractivity contribution in [1.82, 2.24) is 5.43 Å². The summed E-state index contributed by atoms with van der Waals surface area (Å²) in [6, 6.07) is 0. The third kappa shape index (κ3) is 9.39. The maximum atomic E-state index is 10.1. The molecule has 72 valence electrons. The summed E-state index contributed by atoms with van der Waals surface area (Å²) in [5.74, 6) is 4.39. The van der Waals surface area contributed by atoms with E-state index in [1.165, 1.54) is 0 Å². The van der Waals surface area contributed by atoms with Gasteiger partial charge in [-0.05, 0) is 12.8 Å². The second-order valence-corrected chi connectivity index (χ2v) is 2.87. The van der Waals surface area contributed by atoms with Gasteiger partial charge in [-0.15, -0.1) is 0 Å². The number of unbranched alkanes of at least 4 members (excludes halogenated alkanes) is 4. The van der Waals surface area contributed by atoms with Crippen LogP contribution in [0.3, 0.4) is 0 Å². The fourth-order valence-corrected chi connectivity index (χ4v) is 1.03. The smallest absolute Gasteiger partial charge is 0.303 e. The van der Waals surface area contributed by atoms with Crippen LogP contribution in [0.1, 0.15) is 38.5 Å². The Labute approximate surface area is 73.1 Å². The number of hydrazine groups is 1. The second kappa shape index (κ2) is 8.49. The molecule has 0 spiro atoms. The van der Waals surface area contributed by atoms with Crippen LogP contribution in [0.25, 0.3) is 0 Å². The van der Waals surface area contributed by atoms with E-state index in [9.17, 15) is 4.79 Å². The van der Waals surface area contributed by atoms with E-state index in [1.54, 1.807) is 0 Å². The summed E-state index contributed by atoms with van der Waals surface area (Å²) >= 11 is 0. The number of carbonyl (C=O) groups is 1. The van der Waals surface area contributed by atoms with Crippen LogP contribution in [-0.2, 0) is 4.79 Å². The Balaban J connectivity index is 2.86. The first-order valence-corrected chi connectivity index (χ1v) is 4.42. The highest BCUT2D eigenvalue weighted by molar-refractivity contribution is 5.66. The van der Waals surface area contributed by atoms with Crippen molar-refractivity contribution in [3.8, 4) is 0 Å². The molecule has 0 atom stereocenters. The van der Waals surface area contributed by atoms with Crippen LogP contribution < -0.4 is 11.3 Å². The molecule has 0 aliphatic heterocycles. The minimum absolute atomic E-state index is 0.301. The lowest BCUT2D eigenvalue weighted by Gasteiger charge is -1.99. The van der Waals surface area contributed by atoms with E-state index in [4.69, 9.17) is 10.9 Å². The standard InChI is InChI=1S/C8H18N2O2/c9-10-7-5-3-1-2-4-6-8(11)12/h10H,1-7,9H2,(H,11,12). The number of carboxylic acids is 1. The van der Waals surface area contributed by atoms with Gasteiger partial charge in [-0.3, -0.25) is 16.1 Å². The fourth-order valence-electron chi connectivity index (χ4n) is 1.03. The first-order chi connectivity index (χ1) is 5.77. The molecule has 0 aliphatic carbocycles. The molecule has 0 radical (unpaired) electrons. The van der Waals surface area contributed by atoms with Crippen molar-refractivity contribution < 1.29 is 9.90 Å². The minimum atomic E-state index is -0.696. The van der Waals surface area contributed by atoms with Crippen LogP contribution in [0.15, 0.2) is 0 Å². The highest BCUT2D eigenvalue weighted by Gasteiger charge is 1.95. The number of rotatable bonds is 8. The lowest BCUT2D eigenvalue weighted by Crippen LogP contribution is -2.22. The van der Waals surface area contributed by atoms with Gasteiger partial charge in [0.25, 0.3) is 0 Å². The van der Waals surface area contributed by atoms with Gasteiger partial charge < -0.3 is 5.11 Å². The molecular weight excluding hydrogens is 156 g/mol. The van der Waals surface area contributed by atoms with Gasteiger partial charge in [0.2, 0.25) is 0 Å². The number of hydrogen-bond donors (Lipinski definition) is 3. The first kappa shape index (κ1) is 11.4. The molecule has 0 saturated heterocycles. The maximum absolute atomic E-state index is 10.1. The summed E-state index contributed by atoms with van der Waals surface area (Å²) in [5.41, 5.74) is 2.58. The number of aliphatic carboxylic acids is 1. The normalized spacial score (nSPS) is 10.1. The van der Waals surface area contributed by atoms with E-state index in [0.717, 1.165) is 38.6 Å². The van der Waals surface area contributed by atoms with Crippen molar-refractivity contribution >= 4 is 5.97 Å². The maximum Gasteiger partial charge on any atom is 0.303 e. The molecule has 0 unspecified atom stereocenters. The Morgan fingerprint density at radius 2 is 1.75 bits per heavy atom. The van der Waals surface area contributed by atoms with Gasteiger partial charge in [-0.1, -0.05) is 19.3 Å². The van der Waals surface area contributed by atoms with Crippen molar-refractivity contribution in [3.05, 3.63) is 0 Å². The summed E-state index contributed by atoms with van der Waals surface area (Å²) in [7, 11) is 0. The lowest BCUT2D eigenvalue weighted by molar-refractivity contribution is -0.137. The molecule has 0 aliphatic rings. The van der Waals surface area contributed by atoms with Crippen LogP contribution in [0.2, 0.25) is 0 Å². The Hall–Kier alpha value is -0.610. The largest absolute Gasteiger partial charge is 0.481 e. The molecule has 4 N–H and O–H groups in total. The van der Waals surface area contributed by atoms with Crippen molar-refractivity contribution in [2.75, 3.05) is 6.54 Å². The van der Waals surface area contributed by atoms with Gasteiger partial charge in [0.15, 0.2) is 0 Å². The Bertz CT molecular complexity index is 118. The first-order valence-electron chi connectivity index (χ1n) is 4.42. The van der Waals surface area contributed by atoms with E-state index in [0.29, 0.717) is 6.42 Å². The molecule has 0 aromatic carbocycles. The molecule has 0 rings (SSSR count). The molecule has 4 heteroatoms. The number of hydrogen-bond acceptors (Lipinski definition) is 3. The van der Waals surface area contributed by atoms with Gasteiger partial charge in [0, 0.05) is 13.0 Å². The molecule has 0 aromatic rings. The summed E-state index contributed by atoms with van der Waals surface area (Å²) in [6.07, 6.45) is 5.42. The monoisotopic (exact) mass is 174 g/mol. The molecule has 0 fully saturated rings. The van der Waals surface area contributed by atoms with Gasteiger partial charge in [-0.25, -0.2) is 0 Å². The van der Waals surface area contributed by atoms with Crippen LogP contribution in [0, 0.1) is 0 Å². The molecule has 12 heavy (non-hydrogen) atoms. The van der Waals surface area contributed by atoms with Gasteiger partial charge in [0.05, 0.1) is 0 Å². The van der Waals surface area contributed by atoms with E-state index in [2.05, 4.69) is 5.43 Å². The average Bonchev–Trinajstić information content (AvgIpc) is 2.02. The van der Waals surface area contributed by atoms with Crippen LogP contribution in [0.5, 0.6) is 0 Å². The highest BCUT2D eigenvalue weighted by Crippen LogP contribution is 2.04. The van der Waals surface area contributed by atoms with E-state index >= 15 is 0 Å². The third-order valence-corrected chi connectivity index (χ3v) is 1.71. The predicted molar refractivity (Wildman–Crippen MR) is 47.5 cm³/mol. The average molecular weight is 174 g/mol. The SMILES string of the molecule is NNCCCCCCCC(=O)O. The van der Waals surface area contributed by atoms with Crippen molar-refractivity contribution in [1.29, 1.82) is 0 Å². The van der Waals surface area contributed by atoms with Gasteiger partial charge in [-0.2, -0.15) is 0 Å². The Morgan fingerprint density at radius 1 is 1.17 bits per heavy atom. The molecule has 0 saturated carbocycles. The Morgan fingerprint density at radius 3 is 2.33 bits per heavy atom. The lowest BCUT2D eigenvalue weighted by atomic mass is 10.1. The van der Waals surface area contributed by atoms with Crippen molar-refractivity contribution in [3.63, 3.8) is 0 Å². The molecular formula is C8H18N2O2.